The zero-order chi connectivity index (χ0) is 12.3. The zero-order valence-electron chi connectivity index (χ0n) is 10.7. The molecular formula is C9H23FO2Si3. The lowest BCUT2D eigenvalue weighted by Gasteiger charge is -2.33. The summed E-state index contributed by atoms with van der Waals surface area (Å²) in [6.07, 6.45) is 1.56. The average molecular weight is 267 g/mol. The van der Waals surface area contributed by atoms with Crippen LogP contribution in [0.25, 0.3) is 0 Å². The molecule has 0 spiro atoms. The summed E-state index contributed by atoms with van der Waals surface area (Å²) in [6.45, 7) is 15.4. The lowest BCUT2D eigenvalue weighted by atomic mass is 10.8. The van der Waals surface area contributed by atoms with Gasteiger partial charge in [-0.3, -0.25) is 0 Å². The Kier molecular flexibility index (Phi) is 5.13. The third kappa shape index (κ3) is 8.09. The average Bonchev–Trinajstić information content (AvgIpc) is 1.74. The highest BCUT2D eigenvalue weighted by atomic mass is 28.5. The van der Waals surface area contributed by atoms with Crippen LogP contribution in [0.4, 0.5) is 4.11 Å². The van der Waals surface area contributed by atoms with Crippen LogP contribution in [-0.4, -0.2) is 25.5 Å². The van der Waals surface area contributed by atoms with E-state index in [0.717, 1.165) is 0 Å². The monoisotopic (exact) mass is 266 g/mol. The molecule has 0 rings (SSSR count). The van der Waals surface area contributed by atoms with E-state index >= 15 is 0 Å². The molecule has 0 aromatic rings. The minimum atomic E-state index is -3.51. The number of rotatable bonds is 6. The van der Waals surface area contributed by atoms with Crippen LogP contribution in [0.1, 0.15) is 0 Å². The molecule has 0 fully saturated rings. The van der Waals surface area contributed by atoms with E-state index in [1.807, 2.05) is 39.3 Å². The number of hydrogen-bond acceptors (Lipinski definition) is 2. The van der Waals surface area contributed by atoms with Gasteiger partial charge in [-0.15, -0.1) is 6.58 Å². The fourth-order valence-corrected chi connectivity index (χ4v) is 10.1. The van der Waals surface area contributed by atoms with Crippen LogP contribution in [-0.2, 0) is 8.23 Å². The lowest BCUT2D eigenvalue weighted by molar-refractivity contribution is 0.310. The van der Waals surface area contributed by atoms with E-state index in [4.69, 9.17) is 8.23 Å². The summed E-state index contributed by atoms with van der Waals surface area (Å²) in [7, 11) is -7.30. The predicted octanol–water partition coefficient (Wildman–Crippen LogP) is 3.78. The highest BCUT2D eigenvalue weighted by Crippen LogP contribution is 2.25. The maximum atomic E-state index is 14.5. The van der Waals surface area contributed by atoms with Gasteiger partial charge in [0, 0.05) is 6.04 Å². The highest BCUT2D eigenvalue weighted by Gasteiger charge is 2.45. The van der Waals surface area contributed by atoms with E-state index in [1.54, 1.807) is 6.08 Å². The molecule has 0 atom stereocenters. The summed E-state index contributed by atoms with van der Waals surface area (Å²) in [5.41, 5.74) is 0. The SMILES string of the molecule is C=CC[Si](F)(O[Si](C)(C)C)O[Si](C)(C)C. The van der Waals surface area contributed by atoms with E-state index in [-0.39, 0.29) is 6.04 Å². The van der Waals surface area contributed by atoms with Gasteiger partial charge in [0.1, 0.15) is 0 Å². The molecular weight excluding hydrogens is 243 g/mol. The first kappa shape index (κ1) is 15.2. The molecule has 0 N–H and O–H groups in total. The van der Waals surface area contributed by atoms with Gasteiger partial charge in [0.25, 0.3) is 0 Å². The van der Waals surface area contributed by atoms with Crippen molar-refractivity contribution in [2.45, 2.75) is 45.3 Å². The zero-order valence-corrected chi connectivity index (χ0v) is 13.7. The summed E-state index contributed by atoms with van der Waals surface area (Å²) >= 11 is 0. The summed E-state index contributed by atoms with van der Waals surface area (Å²) in [6, 6.07) is 0.224. The second kappa shape index (κ2) is 5.05. The molecule has 0 saturated heterocycles. The molecule has 0 bridgehead atoms. The van der Waals surface area contributed by atoms with Gasteiger partial charge in [-0.25, -0.2) is 4.11 Å². The third-order valence-corrected chi connectivity index (χ3v) is 9.42. The van der Waals surface area contributed by atoms with Crippen LogP contribution in [0.2, 0.25) is 45.3 Å². The van der Waals surface area contributed by atoms with E-state index in [0.29, 0.717) is 0 Å². The van der Waals surface area contributed by atoms with Crippen molar-refractivity contribution >= 4 is 25.5 Å². The van der Waals surface area contributed by atoms with Crippen LogP contribution >= 0.6 is 0 Å². The molecule has 0 aromatic carbocycles. The van der Waals surface area contributed by atoms with Gasteiger partial charge in [0.05, 0.1) is 0 Å². The first-order chi connectivity index (χ1) is 6.47. The van der Waals surface area contributed by atoms with Crippen LogP contribution < -0.4 is 0 Å². The molecule has 0 unspecified atom stereocenters. The first-order valence-electron chi connectivity index (χ1n) is 5.18. The molecule has 15 heavy (non-hydrogen) atoms. The third-order valence-electron chi connectivity index (χ3n) is 1.31. The molecule has 0 aliphatic carbocycles. The van der Waals surface area contributed by atoms with Crippen molar-refractivity contribution in [2.75, 3.05) is 0 Å². The van der Waals surface area contributed by atoms with Gasteiger partial charge in [-0.1, -0.05) is 6.08 Å². The van der Waals surface area contributed by atoms with Gasteiger partial charge in [-0.05, 0) is 39.3 Å². The summed E-state index contributed by atoms with van der Waals surface area (Å²) in [5.74, 6) is 0. The Balaban J connectivity index is 4.66. The summed E-state index contributed by atoms with van der Waals surface area (Å²) in [5, 5.41) is 0. The van der Waals surface area contributed by atoms with Crippen molar-refractivity contribution in [3.63, 3.8) is 0 Å². The lowest BCUT2D eigenvalue weighted by Crippen LogP contribution is -2.51. The summed E-state index contributed by atoms with van der Waals surface area (Å²) < 4.78 is 25.7. The van der Waals surface area contributed by atoms with Gasteiger partial charge < -0.3 is 8.23 Å². The van der Waals surface area contributed by atoms with Crippen LogP contribution in [0.3, 0.4) is 0 Å². The minimum Gasteiger partial charge on any atom is -0.413 e. The normalized spacial score (nSPS) is 14.1. The quantitative estimate of drug-likeness (QED) is 0.414. The molecule has 90 valence electrons. The maximum absolute atomic E-state index is 14.5. The molecule has 0 heterocycles. The second-order valence-electron chi connectivity index (χ2n) is 5.58. The molecule has 6 heteroatoms. The Morgan fingerprint density at radius 1 is 1.00 bits per heavy atom. The standard InChI is InChI=1S/C9H23FO2Si3/c1-8-9-15(10,11-13(2,3)4)12-14(5,6)7/h8H,1,9H2,2-7H3. The Hall–Kier alpha value is 0.241. The van der Waals surface area contributed by atoms with E-state index < -0.39 is 25.5 Å². The molecule has 2 nitrogen and oxygen atoms in total. The van der Waals surface area contributed by atoms with E-state index in [2.05, 4.69) is 6.58 Å². The van der Waals surface area contributed by atoms with Crippen molar-refractivity contribution in [3.05, 3.63) is 12.7 Å². The largest absolute Gasteiger partial charge is 0.523 e. The Bertz CT molecular complexity index is 204. The molecule has 0 aromatic heterocycles. The molecule has 0 aliphatic rings. The van der Waals surface area contributed by atoms with Crippen molar-refractivity contribution in [3.8, 4) is 0 Å². The molecule has 0 radical (unpaired) electrons. The Morgan fingerprint density at radius 3 is 1.53 bits per heavy atom. The Labute approximate surface area is 96.2 Å². The molecule has 0 saturated carbocycles. The van der Waals surface area contributed by atoms with Gasteiger partial charge in [0.15, 0.2) is 16.6 Å². The molecule has 0 amide bonds. The van der Waals surface area contributed by atoms with E-state index in [1.165, 1.54) is 0 Å². The van der Waals surface area contributed by atoms with Crippen molar-refractivity contribution in [2.24, 2.45) is 0 Å². The number of hydrogen-bond donors (Lipinski definition) is 0. The van der Waals surface area contributed by atoms with E-state index in [9.17, 15) is 4.11 Å². The summed E-state index contributed by atoms with van der Waals surface area (Å²) in [4.78, 5) is 0. The van der Waals surface area contributed by atoms with Crippen LogP contribution in [0.15, 0.2) is 12.7 Å². The van der Waals surface area contributed by atoms with Crippen LogP contribution in [0, 0.1) is 0 Å². The van der Waals surface area contributed by atoms with Crippen molar-refractivity contribution in [1.82, 2.24) is 0 Å². The van der Waals surface area contributed by atoms with Crippen molar-refractivity contribution < 1.29 is 12.3 Å². The second-order valence-corrected chi connectivity index (χ2v) is 17.4. The molecule has 0 aliphatic heterocycles. The minimum absolute atomic E-state index is 0.224. The fourth-order valence-electron chi connectivity index (χ4n) is 1.19. The highest BCUT2D eigenvalue weighted by molar-refractivity contribution is 6.85. The predicted molar refractivity (Wildman–Crippen MR) is 70.7 cm³/mol. The Morgan fingerprint density at radius 2 is 1.33 bits per heavy atom. The topological polar surface area (TPSA) is 18.5 Å². The number of allylic oxidation sites excluding steroid dienone is 1. The van der Waals surface area contributed by atoms with Crippen molar-refractivity contribution in [1.29, 1.82) is 0 Å². The van der Waals surface area contributed by atoms with Crippen LogP contribution in [0.5, 0.6) is 0 Å². The van der Waals surface area contributed by atoms with Gasteiger partial charge in [-0.2, -0.15) is 0 Å². The van der Waals surface area contributed by atoms with Gasteiger partial charge in [0.2, 0.25) is 0 Å². The number of halogens is 1. The smallest absolute Gasteiger partial charge is 0.413 e. The first-order valence-corrected chi connectivity index (χ1v) is 13.9. The maximum Gasteiger partial charge on any atom is 0.523 e. The fraction of sp³-hybridized carbons (Fsp3) is 0.778. The van der Waals surface area contributed by atoms with Gasteiger partial charge >= 0.3 is 8.89 Å².